The zero-order valence-electron chi connectivity index (χ0n) is 14.1. The van der Waals surface area contributed by atoms with Crippen LogP contribution in [0.15, 0.2) is 24.3 Å². The molecule has 0 radical (unpaired) electrons. The molecule has 0 bridgehead atoms. The van der Waals surface area contributed by atoms with E-state index in [0.29, 0.717) is 12.8 Å². The number of hydrogen-bond acceptors (Lipinski definition) is 3. The van der Waals surface area contributed by atoms with Gasteiger partial charge in [-0.15, -0.1) is 0 Å². The van der Waals surface area contributed by atoms with E-state index in [-0.39, 0.29) is 19.9 Å². The highest BCUT2D eigenvalue weighted by Gasteiger charge is 2.22. The Morgan fingerprint density at radius 1 is 0.783 bits per heavy atom. The molecule has 4 heteroatoms. The topological polar surface area (TPSA) is 66.5 Å². The molecule has 0 spiro atoms. The van der Waals surface area contributed by atoms with Crippen LogP contribution in [0.25, 0.3) is 0 Å². The molecule has 0 aliphatic carbocycles. The van der Waals surface area contributed by atoms with E-state index in [9.17, 15) is 14.6 Å². The standard InChI is InChI=1S/C19H32FNO2/c20-14-6-4-2-1-3-5-7-17-8-10-18(11-9-17)12-13-19(21,15-22)16-23/h8-11,22-23H,1-7,12-16,21H2/i20-1. The summed E-state index contributed by atoms with van der Waals surface area (Å²) in [5.41, 5.74) is 7.50. The van der Waals surface area contributed by atoms with Gasteiger partial charge in [0.15, 0.2) is 0 Å². The minimum Gasteiger partial charge on any atom is -0.394 e. The molecule has 132 valence electrons. The van der Waals surface area contributed by atoms with E-state index in [1.54, 1.807) is 0 Å². The average molecular weight is 324 g/mol. The van der Waals surface area contributed by atoms with Gasteiger partial charge in [0.1, 0.15) is 0 Å². The van der Waals surface area contributed by atoms with Crippen LogP contribution < -0.4 is 5.73 Å². The number of nitrogens with two attached hydrogens (primary N) is 1. The first-order valence-corrected chi connectivity index (χ1v) is 8.78. The van der Waals surface area contributed by atoms with E-state index in [0.717, 1.165) is 25.7 Å². The van der Waals surface area contributed by atoms with Crippen LogP contribution in [0.2, 0.25) is 0 Å². The SMILES string of the molecule is NC(CO)(CO)CCc1ccc(CCCCCCCC[18F])cc1. The van der Waals surface area contributed by atoms with Gasteiger partial charge in [-0.05, 0) is 43.2 Å². The molecule has 0 saturated carbocycles. The van der Waals surface area contributed by atoms with Gasteiger partial charge < -0.3 is 15.9 Å². The molecular formula is C19H32FNO2. The molecule has 0 aromatic heterocycles. The molecule has 0 aliphatic heterocycles. The van der Waals surface area contributed by atoms with Gasteiger partial charge in [-0.2, -0.15) is 0 Å². The Hall–Kier alpha value is -0.970. The summed E-state index contributed by atoms with van der Waals surface area (Å²) in [7, 11) is 0. The monoisotopic (exact) mass is 324 g/mol. The van der Waals surface area contributed by atoms with Crippen LogP contribution in [0.3, 0.4) is 0 Å². The van der Waals surface area contributed by atoms with Crippen molar-refractivity contribution in [1.29, 1.82) is 0 Å². The van der Waals surface area contributed by atoms with Crippen LogP contribution in [-0.2, 0) is 12.8 Å². The zero-order valence-corrected chi connectivity index (χ0v) is 14.1. The maximum atomic E-state index is 12.0. The van der Waals surface area contributed by atoms with Crippen molar-refractivity contribution in [2.24, 2.45) is 5.73 Å². The van der Waals surface area contributed by atoms with Gasteiger partial charge in [0.25, 0.3) is 0 Å². The Morgan fingerprint density at radius 3 is 1.78 bits per heavy atom. The maximum Gasteiger partial charge on any atom is 0.0894 e. The number of aliphatic hydroxyl groups excluding tert-OH is 2. The van der Waals surface area contributed by atoms with Crippen molar-refractivity contribution in [3.05, 3.63) is 35.4 Å². The average Bonchev–Trinajstić information content (AvgIpc) is 2.60. The maximum absolute atomic E-state index is 12.0. The predicted octanol–water partition coefficient (Wildman–Crippen LogP) is 3.15. The third kappa shape index (κ3) is 8.45. The van der Waals surface area contributed by atoms with Crippen molar-refractivity contribution in [1.82, 2.24) is 0 Å². The van der Waals surface area contributed by atoms with E-state index in [4.69, 9.17) is 5.73 Å². The summed E-state index contributed by atoms with van der Waals surface area (Å²) in [6.07, 6.45) is 8.83. The number of aliphatic hydroxyl groups is 2. The smallest absolute Gasteiger partial charge is 0.0894 e. The van der Waals surface area contributed by atoms with E-state index < -0.39 is 5.54 Å². The Labute approximate surface area is 139 Å². The fourth-order valence-electron chi connectivity index (χ4n) is 2.60. The van der Waals surface area contributed by atoms with Gasteiger partial charge >= 0.3 is 0 Å². The number of halogens is 1. The van der Waals surface area contributed by atoms with Gasteiger partial charge in [-0.3, -0.25) is 4.39 Å². The summed E-state index contributed by atoms with van der Waals surface area (Å²) in [5.74, 6) is 0. The molecule has 0 saturated heterocycles. The first-order valence-electron chi connectivity index (χ1n) is 8.78. The lowest BCUT2D eigenvalue weighted by Crippen LogP contribution is -2.47. The van der Waals surface area contributed by atoms with Crippen molar-refractivity contribution < 1.29 is 14.6 Å². The third-order valence-corrected chi connectivity index (χ3v) is 4.41. The third-order valence-electron chi connectivity index (χ3n) is 4.41. The van der Waals surface area contributed by atoms with E-state index >= 15 is 0 Å². The number of rotatable bonds is 13. The molecule has 0 aliphatic rings. The van der Waals surface area contributed by atoms with E-state index in [2.05, 4.69) is 24.3 Å². The van der Waals surface area contributed by atoms with E-state index in [1.807, 2.05) is 0 Å². The Balaban J connectivity index is 2.23. The second-order valence-electron chi connectivity index (χ2n) is 6.56. The molecule has 23 heavy (non-hydrogen) atoms. The summed E-state index contributed by atoms with van der Waals surface area (Å²) < 4.78 is 12.0. The summed E-state index contributed by atoms with van der Waals surface area (Å²) >= 11 is 0. The Morgan fingerprint density at radius 2 is 1.26 bits per heavy atom. The molecule has 0 unspecified atom stereocenters. The quantitative estimate of drug-likeness (QED) is 0.488. The molecule has 1 aromatic rings. The molecule has 1 rings (SSSR count). The van der Waals surface area contributed by atoms with Crippen molar-refractivity contribution >= 4 is 0 Å². The molecule has 0 amide bonds. The minimum atomic E-state index is -0.888. The highest BCUT2D eigenvalue weighted by atomic mass is 18.2. The normalized spacial score (nSPS) is 11.8. The zero-order chi connectivity index (χ0) is 17.0. The lowest BCUT2D eigenvalue weighted by atomic mass is 9.93. The fourth-order valence-corrected chi connectivity index (χ4v) is 2.60. The van der Waals surface area contributed by atoms with Gasteiger partial charge in [0.2, 0.25) is 0 Å². The largest absolute Gasteiger partial charge is 0.394 e. The molecular weight excluding hydrogens is 292 g/mol. The lowest BCUT2D eigenvalue weighted by Gasteiger charge is -2.24. The highest BCUT2D eigenvalue weighted by molar-refractivity contribution is 5.23. The number of hydrogen-bond donors (Lipinski definition) is 3. The van der Waals surface area contributed by atoms with Crippen molar-refractivity contribution in [3.8, 4) is 0 Å². The Kier molecular flexibility index (Phi) is 10.1. The predicted molar refractivity (Wildman–Crippen MR) is 93.2 cm³/mol. The second-order valence-corrected chi connectivity index (χ2v) is 6.56. The molecule has 4 N–H and O–H groups in total. The van der Waals surface area contributed by atoms with Crippen molar-refractivity contribution in [2.45, 2.75) is 63.3 Å². The molecule has 1 aromatic carbocycles. The number of aryl methyl sites for hydroxylation is 2. The number of benzene rings is 1. The first-order chi connectivity index (χ1) is 11.1. The van der Waals surface area contributed by atoms with Gasteiger partial charge in [0, 0.05) is 0 Å². The van der Waals surface area contributed by atoms with Crippen LogP contribution in [-0.4, -0.2) is 35.6 Å². The van der Waals surface area contributed by atoms with Crippen LogP contribution >= 0.6 is 0 Å². The summed E-state index contributed by atoms with van der Waals surface area (Å²) in [6.45, 7) is -0.589. The Bertz CT molecular complexity index is 404. The van der Waals surface area contributed by atoms with E-state index in [1.165, 1.54) is 30.4 Å². The van der Waals surface area contributed by atoms with Crippen LogP contribution in [0, 0.1) is 0 Å². The molecule has 3 nitrogen and oxygen atoms in total. The summed E-state index contributed by atoms with van der Waals surface area (Å²) in [6, 6.07) is 8.50. The molecule has 0 atom stereocenters. The van der Waals surface area contributed by atoms with Crippen LogP contribution in [0.5, 0.6) is 0 Å². The fraction of sp³-hybridized carbons (Fsp3) is 0.684. The van der Waals surface area contributed by atoms with Crippen LogP contribution in [0.4, 0.5) is 4.39 Å². The van der Waals surface area contributed by atoms with Gasteiger partial charge in [-0.1, -0.05) is 49.9 Å². The molecule has 0 heterocycles. The van der Waals surface area contributed by atoms with Crippen molar-refractivity contribution in [3.63, 3.8) is 0 Å². The van der Waals surface area contributed by atoms with Gasteiger partial charge in [0.05, 0.1) is 25.4 Å². The minimum absolute atomic E-state index is 0.186. The second kappa shape index (κ2) is 11.5. The summed E-state index contributed by atoms with van der Waals surface area (Å²) in [5, 5.41) is 18.4. The summed E-state index contributed by atoms with van der Waals surface area (Å²) in [4.78, 5) is 0. The highest BCUT2D eigenvalue weighted by Crippen LogP contribution is 2.14. The van der Waals surface area contributed by atoms with Crippen LogP contribution in [0.1, 0.15) is 56.1 Å². The molecule has 0 fully saturated rings. The van der Waals surface area contributed by atoms with Gasteiger partial charge in [-0.25, -0.2) is 0 Å². The first kappa shape index (κ1) is 20.1. The number of unbranched alkanes of at least 4 members (excludes halogenated alkanes) is 5. The number of alkyl halides is 1. The lowest BCUT2D eigenvalue weighted by molar-refractivity contribution is 0.115. The van der Waals surface area contributed by atoms with Crippen molar-refractivity contribution in [2.75, 3.05) is 19.9 Å².